The van der Waals surface area contributed by atoms with Gasteiger partial charge in [0.05, 0.1) is 7.11 Å². The van der Waals surface area contributed by atoms with E-state index in [9.17, 15) is 0 Å². The maximum absolute atomic E-state index is 5.30. The Hall–Kier alpha value is -1.32. The van der Waals surface area contributed by atoms with Crippen LogP contribution in [0, 0.1) is 0 Å². The first kappa shape index (κ1) is 14.6. The molecule has 0 spiro atoms. The van der Waals surface area contributed by atoms with Crippen LogP contribution in [-0.2, 0) is 4.84 Å². The summed E-state index contributed by atoms with van der Waals surface area (Å²) in [7, 11) is 1.76. The molecule has 0 atom stereocenters. The normalized spacial score (nSPS) is 21.1. The van der Waals surface area contributed by atoms with Crippen LogP contribution in [0.15, 0.2) is 36.0 Å². The summed E-state index contributed by atoms with van der Waals surface area (Å²) in [4.78, 5) is 5.30. The molecule has 1 fully saturated rings. The summed E-state index contributed by atoms with van der Waals surface area (Å²) in [5.41, 5.74) is 4.08. The summed E-state index contributed by atoms with van der Waals surface area (Å²) in [6.07, 6.45) is 9.78. The third-order valence-corrected chi connectivity index (χ3v) is 4.69. The van der Waals surface area contributed by atoms with Crippen LogP contribution in [0.25, 0.3) is 0 Å². The van der Waals surface area contributed by atoms with Gasteiger partial charge in [-0.1, -0.05) is 18.2 Å². The van der Waals surface area contributed by atoms with E-state index in [1.54, 1.807) is 7.11 Å². The second-order valence-corrected chi connectivity index (χ2v) is 6.11. The van der Waals surface area contributed by atoms with E-state index < -0.39 is 0 Å². The number of anilines is 1. The average Bonchev–Trinajstić information content (AvgIpc) is 2.57. The van der Waals surface area contributed by atoms with Crippen LogP contribution in [0.4, 0.5) is 5.69 Å². The molecule has 0 radical (unpaired) electrons. The van der Waals surface area contributed by atoms with E-state index in [4.69, 9.17) is 4.84 Å². The molecule has 0 saturated carbocycles. The van der Waals surface area contributed by atoms with Crippen molar-refractivity contribution in [1.82, 2.24) is 5.06 Å². The van der Waals surface area contributed by atoms with Crippen molar-refractivity contribution in [2.45, 2.75) is 44.4 Å². The minimum Gasteiger partial charge on any atom is -0.359 e. The molecule has 1 N–H and O–H groups in total. The fourth-order valence-electron chi connectivity index (χ4n) is 3.35. The Labute approximate surface area is 127 Å². The van der Waals surface area contributed by atoms with E-state index >= 15 is 0 Å². The molecule has 1 aliphatic heterocycles. The predicted molar refractivity (Wildman–Crippen MR) is 87.2 cm³/mol. The molecule has 3 rings (SSSR count). The van der Waals surface area contributed by atoms with Crippen molar-refractivity contribution in [1.29, 1.82) is 0 Å². The van der Waals surface area contributed by atoms with Crippen LogP contribution in [0.3, 0.4) is 0 Å². The Morgan fingerprint density at radius 3 is 2.48 bits per heavy atom. The predicted octanol–water partition coefficient (Wildman–Crippen LogP) is 4.30. The van der Waals surface area contributed by atoms with Crippen molar-refractivity contribution in [2.24, 2.45) is 0 Å². The van der Waals surface area contributed by atoms with Crippen molar-refractivity contribution in [2.75, 3.05) is 25.5 Å². The monoisotopic (exact) mass is 286 g/mol. The fourth-order valence-corrected chi connectivity index (χ4v) is 3.35. The Kier molecular flexibility index (Phi) is 4.94. The maximum atomic E-state index is 5.30. The number of hydroxylamine groups is 2. The van der Waals surface area contributed by atoms with Crippen LogP contribution < -0.4 is 5.32 Å². The molecule has 0 bridgehead atoms. The zero-order valence-corrected chi connectivity index (χ0v) is 13.0. The molecule has 0 unspecified atom stereocenters. The molecule has 1 saturated heterocycles. The molecule has 114 valence electrons. The van der Waals surface area contributed by atoms with Gasteiger partial charge in [0.2, 0.25) is 0 Å². The van der Waals surface area contributed by atoms with Gasteiger partial charge in [-0.15, -0.1) is 0 Å². The van der Waals surface area contributed by atoms with Gasteiger partial charge in [-0.2, -0.15) is 5.06 Å². The molecular formula is C18H26N2O. The number of hydrogen-bond acceptors (Lipinski definition) is 3. The number of rotatable bonds is 4. The van der Waals surface area contributed by atoms with Gasteiger partial charge in [0.1, 0.15) is 0 Å². The number of allylic oxidation sites excluding steroid dienone is 2. The van der Waals surface area contributed by atoms with Gasteiger partial charge in [-0.05, 0) is 62.1 Å². The lowest BCUT2D eigenvalue weighted by atomic mass is 9.90. The zero-order valence-electron chi connectivity index (χ0n) is 13.0. The fraction of sp³-hybridized carbons (Fsp3) is 0.556. The van der Waals surface area contributed by atoms with Gasteiger partial charge in [0.15, 0.2) is 0 Å². The summed E-state index contributed by atoms with van der Waals surface area (Å²) in [5, 5.41) is 5.62. The van der Waals surface area contributed by atoms with Gasteiger partial charge in [-0.3, -0.25) is 0 Å². The molecule has 1 aromatic carbocycles. The lowest BCUT2D eigenvalue weighted by Crippen LogP contribution is -2.31. The topological polar surface area (TPSA) is 24.5 Å². The van der Waals surface area contributed by atoms with Gasteiger partial charge in [0, 0.05) is 24.5 Å². The zero-order chi connectivity index (χ0) is 14.5. The lowest BCUT2D eigenvalue weighted by Gasteiger charge is -2.30. The third kappa shape index (κ3) is 3.86. The van der Waals surface area contributed by atoms with Crippen molar-refractivity contribution >= 4 is 5.69 Å². The standard InChI is InChI=1S/C18H26N2O/c1-21-20-13-11-16(12-14-20)15-7-9-18(10-8-15)19-17-5-3-2-4-6-17/h5,7-10,16,19H,2-4,6,11-14H2,1H3. The lowest BCUT2D eigenvalue weighted by molar-refractivity contribution is -0.143. The van der Waals surface area contributed by atoms with Gasteiger partial charge >= 0.3 is 0 Å². The van der Waals surface area contributed by atoms with Crippen molar-refractivity contribution in [3.63, 3.8) is 0 Å². The molecule has 0 amide bonds. The van der Waals surface area contributed by atoms with Crippen molar-refractivity contribution in [3.8, 4) is 0 Å². The SMILES string of the molecule is CON1CCC(c2ccc(NC3=CCCCC3)cc2)CC1. The van der Waals surface area contributed by atoms with Crippen LogP contribution in [-0.4, -0.2) is 25.3 Å². The first-order chi connectivity index (χ1) is 10.3. The molecule has 1 aliphatic carbocycles. The van der Waals surface area contributed by atoms with Crippen LogP contribution >= 0.6 is 0 Å². The number of benzene rings is 1. The van der Waals surface area contributed by atoms with Gasteiger partial charge < -0.3 is 10.2 Å². The first-order valence-electron chi connectivity index (χ1n) is 8.20. The Balaban J connectivity index is 1.58. The minimum atomic E-state index is 0.680. The van der Waals surface area contributed by atoms with E-state index in [0.29, 0.717) is 5.92 Å². The van der Waals surface area contributed by atoms with Crippen molar-refractivity contribution in [3.05, 3.63) is 41.6 Å². The van der Waals surface area contributed by atoms with Crippen LogP contribution in [0.5, 0.6) is 0 Å². The highest BCUT2D eigenvalue weighted by Crippen LogP contribution is 2.29. The summed E-state index contributed by atoms with van der Waals surface area (Å²) in [6.45, 7) is 2.07. The molecule has 3 nitrogen and oxygen atoms in total. The second kappa shape index (κ2) is 7.10. The Bertz CT molecular complexity index is 472. The highest BCUT2D eigenvalue weighted by atomic mass is 16.7. The van der Waals surface area contributed by atoms with E-state index in [1.165, 1.54) is 55.5 Å². The molecule has 1 aromatic rings. The van der Waals surface area contributed by atoms with E-state index in [2.05, 4.69) is 40.7 Å². The highest BCUT2D eigenvalue weighted by molar-refractivity contribution is 5.50. The average molecular weight is 286 g/mol. The van der Waals surface area contributed by atoms with E-state index in [1.807, 2.05) is 0 Å². The van der Waals surface area contributed by atoms with Crippen molar-refractivity contribution < 1.29 is 4.84 Å². The third-order valence-electron chi connectivity index (χ3n) is 4.69. The van der Waals surface area contributed by atoms with Crippen LogP contribution in [0.1, 0.15) is 50.0 Å². The second-order valence-electron chi connectivity index (χ2n) is 6.11. The Morgan fingerprint density at radius 1 is 1.10 bits per heavy atom. The van der Waals surface area contributed by atoms with E-state index in [-0.39, 0.29) is 0 Å². The summed E-state index contributed by atoms with van der Waals surface area (Å²) < 4.78 is 0. The highest BCUT2D eigenvalue weighted by Gasteiger charge is 2.20. The number of hydrogen-bond donors (Lipinski definition) is 1. The molecule has 3 heteroatoms. The first-order valence-corrected chi connectivity index (χ1v) is 8.20. The molecule has 21 heavy (non-hydrogen) atoms. The van der Waals surface area contributed by atoms with Gasteiger partial charge in [0.25, 0.3) is 0 Å². The largest absolute Gasteiger partial charge is 0.359 e. The summed E-state index contributed by atoms with van der Waals surface area (Å²) >= 11 is 0. The Morgan fingerprint density at radius 2 is 1.86 bits per heavy atom. The minimum absolute atomic E-state index is 0.680. The maximum Gasteiger partial charge on any atom is 0.0575 e. The molecule has 1 heterocycles. The number of nitrogens with one attached hydrogen (secondary N) is 1. The van der Waals surface area contributed by atoms with E-state index in [0.717, 1.165) is 13.1 Å². The number of piperidine rings is 1. The molecule has 2 aliphatic rings. The van der Waals surface area contributed by atoms with Crippen LogP contribution in [0.2, 0.25) is 0 Å². The quantitative estimate of drug-likeness (QED) is 0.893. The van der Waals surface area contributed by atoms with Gasteiger partial charge in [-0.25, -0.2) is 0 Å². The number of nitrogens with zero attached hydrogens (tertiary/aromatic N) is 1. The smallest absolute Gasteiger partial charge is 0.0575 e. The summed E-state index contributed by atoms with van der Waals surface area (Å²) in [6, 6.07) is 9.04. The summed E-state index contributed by atoms with van der Waals surface area (Å²) in [5.74, 6) is 0.680. The molecular weight excluding hydrogens is 260 g/mol. The molecule has 0 aromatic heterocycles.